The van der Waals surface area contributed by atoms with E-state index in [1.54, 1.807) is 0 Å². The first-order valence-corrected chi connectivity index (χ1v) is 10.1. The predicted molar refractivity (Wildman–Crippen MR) is 113 cm³/mol. The molecule has 1 amide bonds. The number of carboxylic acid groups (broad SMARTS) is 1. The van der Waals surface area contributed by atoms with Crippen LogP contribution in [0, 0.1) is 38.3 Å². The average Bonchev–Trinajstić information content (AvgIpc) is 2.61. The van der Waals surface area contributed by atoms with Crippen molar-refractivity contribution in [3.63, 3.8) is 0 Å². The fourth-order valence-corrected chi connectivity index (χ4v) is 3.74. The summed E-state index contributed by atoms with van der Waals surface area (Å²) >= 11 is 0. The van der Waals surface area contributed by atoms with Crippen molar-refractivity contribution in [1.29, 1.82) is 0 Å². The minimum absolute atomic E-state index is 0.162. The van der Waals surface area contributed by atoms with Crippen LogP contribution in [0.1, 0.15) is 61.4 Å². The van der Waals surface area contributed by atoms with Crippen LogP contribution < -0.4 is 5.32 Å². The van der Waals surface area contributed by atoms with Gasteiger partial charge >= 0.3 is 5.97 Å². The highest BCUT2D eigenvalue weighted by Crippen LogP contribution is 2.33. The Bertz CT molecular complexity index is 931. The number of carbonyl (C=O) groups excluding carboxylic acids is 1. The Hall–Kier alpha value is -2.76. The molecule has 0 saturated heterocycles. The Balaban J connectivity index is 2.51. The van der Waals surface area contributed by atoms with Crippen LogP contribution >= 0.6 is 0 Å². The molecule has 0 aliphatic heterocycles. The Morgan fingerprint density at radius 3 is 2.17 bits per heavy atom. The summed E-state index contributed by atoms with van der Waals surface area (Å²) < 4.78 is 29.2. The van der Waals surface area contributed by atoms with Crippen molar-refractivity contribution in [1.82, 2.24) is 5.32 Å². The second-order valence-electron chi connectivity index (χ2n) is 8.29. The topological polar surface area (TPSA) is 66.4 Å². The molecule has 30 heavy (non-hydrogen) atoms. The molecule has 0 heterocycles. The van der Waals surface area contributed by atoms with Crippen LogP contribution in [-0.2, 0) is 9.59 Å². The van der Waals surface area contributed by atoms with Gasteiger partial charge in [-0.2, -0.15) is 0 Å². The first kappa shape index (κ1) is 23.5. The zero-order chi connectivity index (χ0) is 22.6. The lowest BCUT2D eigenvalue weighted by molar-refractivity contribution is -0.137. The highest BCUT2D eigenvalue weighted by Gasteiger charge is 2.25. The quantitative estimate of drug-likeness (QED) is 0.585. The van der Waals surface area contributed by atoms with Crippen molar-refractivity contribution in [2.45, 2.75) is 59.9 Å². The molecule has 0 radical (unpaired) electrons. The van der Waals surface area contributed by atoms with Crippen molar-refractivity contribution >= 4 is 11.9 Å². The van der Waals surface area contributed by atoms with E-state index in [0.29, 0.717) is 17.9 Å². The predicted octanol–water partition coefficient (Wildman–Crippen LogP) is 5.63. The smallest absolute Gasteiger partial charge is 0.305 e. The molecular formula is C24H29F2NO3. The van der Waals surface area contributed by atoms with Gasteiger partial charge in [0.05, 0.1) is 12.5 Å². The zero-order valence-electron chi connectivity index (χ0n) is 18.1. The molecule has 0 unspecified atom stereocenters. The molecule has 0 aromatic heterocycles. The normalized spacial score (nSPS) is 12.1. The number of hydrogen-bond donors (Lipinski definition) is 2. The van der Waals surface area contributed by atoms with E-state index in [1.165, 1.54) is 6.07 Å². The molecule has 162 valence electrons. The second kappa shape index (κ2) is 9.83. The van der Waals surface area contributed by atoms with Crippen LogP contribution in [0.2, 0.25) is 0 Å². The Labute approximate surface area is 176 Å². The Kier molecular flexibility index (Phi) is 7.71. The van der Waals surface area contributed by atoms with Crippen molar-refractivity contribution in [2.24, 2.45) is 5.92 Å². The van der Waals surface area contributed by atoms with Gasteiger partial charge in [0.25, 0.3) is 0 Å². The number of rotatable bonds is 8. The summed E-state index contributed by atoms with van der Waals surface area (Å²) in [5.41, 5.74) is 3.91. The van der Waals surface area contributed by atoms with Crippen LogP contribution in [0.4, 0.5) is 8.78 Å². The van der Waals surface area contributed by atoms with Gasteiger partial charge in [-0.3, -0.25) is 9.59 Å². The lowest BCUT2D eigenvalue weighted by Gasteiger charge is -2.21. The van der Waals surface area contributed by atoms with E-state index in [9.17, 15) is 23.5 Å². The maximum Gasteiger partial charge on any atom is 0.305 e. The lowest BCUT2D eigenvalue weighted by atomic mass is 9.91. The van der Waals surface area contributed by atoms with Gasteiger partial charge in [0.2, 0.25) is 5.91 Å². The van der Waals surface area contributed by atoms with Crippen molar-refractivity contribution in [2.75, 3.05) is 0 Å². The first-order chi connectivity index (χ1) is 14.0. The maximum absolute atomic E-state index is 14.7. The van der Waals surface area contributed by atoms with Gasteiger partial charge in [0.1, 0.15) is 0 Å². The van der Waals surface area contributed by atoms with Crippen LogP contribution in [-0.4, -0.2) is 17.0 Å². The molecule has 0 aliphatic rings. The Morgan fingerprint density at radius 1 is 1.03 bits per heavy atom. The highest BCUT2D eigenvalue weighted by atomic mass is 19.2. The molecule has 2 rings (SSSR count). The zero-order valence-corrected chi connectivity index (χ0v) is 18.1. The highest BCUT2D eigenvalue weighted by molar-refractivity contribution is 5.78. The van der Waals surface area contributed by atoms with E-state index in [1.807, 2.05) is 46.8 Å². The number of halogens is 2. The van der Waals surface area contributed by atoms with Gasteiger partial charge in [-0.1, -0.05) is 31.5 Å². The molecule has 0 spiro atoms. The largest absolute Gasteiger partial charge is 0.481 e. The van der Waals surface area contributed by atoms with E-state index in [2.05, 4.69) is 5.32 Å². The number of nitrogens with one attached hydrogen (secondary N) is 1. The minimum Gasteiger partial charge on any atom is -0.481 e. The number of hydrogen-bond acceptors (Lipinski definition) is 2. The number of aryl methyl sites for hydroxylation is 3. The van der Waals surface area contributed by atoms with E-state index < -0.39 is 30.1 Å². The SMILES string of the molecule is Cc1cc(C)c(-c2cc(F)c(F)c([C@H](CC(=O)O)NC(=O)CCC(C)C)c2)c(C)c1. The van der Waals surface area contributed by atoms with Crippen LogP contribution in [0.15, 0.2) is 24.3 Å². The molecule has 0 bridgehead atoms. The van der Waals surface area contributed by atoms with Gasteiger partial charge in [-0.25, -0.2) is 8.78 Å². The third-order valence-electron chi connectivity index (χ3n) is 5.06. The summed E-state index contributed by atoms with van der Waals surface area (Å²) in [5, 5.41) is 11.9. The number of carbonyl (C=O) groups is 2. The van der Waals surface area contributed by atoms with Crippen molar-refractivity contribution in [3.8, 4) is 11.1 Å². The van der Waals surface area contributed by atoms with Crippen LogP contribution in [0.3, 0.4) is 0 Å². The summed E-state index contributed by atoms with van der Waals surface area (Å²) in [6, 6.07) is 5.29. The van der Waals surface area contributed by atoms with Gasteiger partial charge in [0, 0.05) is 12.0 Å². The van der Waals surface area contributed by atoms with E-state index in [-0.39, 0.29) is 17.9 Å². The fraction of sp³-hybridized carbons (Fsp3) is 0.417. The molecule has 0 aliphatic carbocycles. The monoisotopic (exact) mass is 417 g/mol. The van der Waals surface area contributed by atoms with Gasteiger partial charge in [-0.05, 0) is 67.5 Å². The van der Waals surface area contributed by atoms with Crippen LogP contribution in [0.5, 0.6) is 0 Å². The summed E-state index contributed by atoms with van der Waals surface area (Å²) in [5.74, 6) is -3.52. The molecule has 2 aromatic rings. The summed E-state index contributed by atoms with van der Waals surface area (Å²) in [6.07, 6.45) is 0.261. The van der Waals surface area contributed by atoms with E-state index in [0.717, 1.165) is 28.3 Å². The van der Waals surface area contributed by atoms with E-state index in [4.69, 9.17) is 0 Å². The first-order valence-electron chi connectivity index (χ1n) is 10.1. The van der Waals surface area contributed by atoms with Gasteiger partial charge < -0.3 is 10.4 Å². The molecule has 0 fully saturated rings. The number of aliphatic carboxylic acids is 1. The summed E-state index contributed by atoms with van der Waals surface area (Å²) in [6.45, 7) is 9.66. The average molecular weight is 417 g/mol. The van der Waals surface area contributed by atoms with Crippen LogP contribution in [0.25, 0.3) is 11.1 Å². The molecule has 2 N–H and O–H groups in total. The third kappa shape index (κ3) is 5.88. The number of benzene rings is 2. The Morgan fingerprint density at radius 2 is 1.63 bits per heavy atom. The summed E-state index contributed by atoms with van der Waals surface area (Å²) in [7, 11) is 0. The molecule has 0 saturated carbocycles. The molecule has 2 aromatic carbocycles. The standard InChI is InChI=1S/C24H29F2NO3/c1-13(2)6-7-21(28)27-20(12-22(29)30)18-10-17(11-19(25)24(18)26)23-15(4)8-14(3)9-16(23)5/h8-11,13,20H,6-7,12H2,1-5H3,(H,27,28)(H,29,30)/t20-/m0/s1. The third-order valence-corrected chi connectivity index (χ3v) is 5.06. The van der Waals surface area contributed by atoms with Gasteiger partial charge in [-0.15, -0.1) is 0 Å². The van der Waals surface area contributed by atoms with Crippen molar-refractivity contribution in [3.05, 3.63) is 58.2 Å². The lowest BCUT2D eigenvalue weighted by Crippen LogP contribution is -2.31. The molecule has 6 heteroatoms. The number of amides is 1. The fourth-order valence-electron chi connectivity index (χ4n) is 3.74. The molecular weight excluding hydrogens is 388 g/mol. The summed E-state index contributed by atoms with van der Waals surface area (Å²) in [4.78, 5) is 23.6. The minimum atomic E-state index is -1.21. The maximum atomic E-state index is 14.7. The number of carboxylic acids is 1. The van der Waals surface area contributed by atoms with Crippen molar-refractivity contribution < 1.29 is 23.5 Å². The second-order valence-corrected chi connectivity index (χ2v) is 8.29. The van der Waals surface area contributed by atoms with E-state index >= 15 is 0 Å². The molecule has 1 atom stereocenters. The van der Waals surface area contributed by atoms with Gasteiger partial charge in [0.15, 0.2) is 11.6 Å². The molecule has 4 nitrogen and oxygen atoms in total.